The van der Waals surface area contributed by atoms with Crippen molar-refractivity contribution in [2.75, 3.05) is 5.73 Å². The maximum absolute atomic E-state index is 13.3. The van der Waals surface area contributed by atoms with Crippen molar-refractivity contribution in [1.29, 1.82) is 10.5 Å². The smallest absolute Gasteiger partial charge is 0.143 e. The molecule has 0 saturated carbocycles. The molecule has 2 aromatic heterocycles. The van der Waals surface area contributed by atoms with Crippen molar-refractivity contribution in [3.05, 3.63) is 70.8 Å². The fourth-order valence-corrected chi connectivity index (χ4v) is 3.53. The first-order valence-corrected chi connectivity index (χ1v) is 8.97. The van der Waals surface area contributed by atoms with Crippen molar-refractivity contribution in [2.45, 2.75) is 17.7 Å². The first-order chi connectivity index (χ1) is 13.0. The Balaban J connectivity index is 2.09. The Labute approximate surface area is 160 Å². The molecule has 0 aliphatic rings. The predicted molar refractivity (Wildman–Crippen MR) is 102 cm³/mol. The molecule has 0 amide bonds. The summed E-state index contributed by atoms with van der Waals surface area (Å²) >= 11 is 1.32. The third-order valence-corrected chi connectivity index (χ3v) is 4.86. The lowest BCUT2D eigenvalue weighted by Crippen LogP contribution is -2.03. The van der Waals surface area contributed by atoms with Crippen molar-refractivity contribution in [3.63, 3.8) is 0 Å². The molecular formula is C20H14FN5S. The monoisotopic (exact) mass is 375 g/mol. The summed E-state index contributed by atoms with van der Waals surface area (Å²) < 4.78 is 13.3. The number of hydrogen-bond donors (Lipinski definition) is 1. The van der Waals surface area contributed by atoms with E-state index in [4.69, 9.17) is 5.73 Å². The summed E-state index contributed by atoms with van der Waals surface area (Å²) in [4.78, 5) is 8.68. The van der Waals surface area contributed by atoms with E-state index in [0.717, 1.165) is 11.4 Å². The van der Waals surface area contributed by atoms with Gasteiger partial charge in [0.05, 0.1) is 11.3 Å². The largest absolute Gasteiger partial charge is 0.383 e. The van der Waals surface area contributed by atoms with Gasteiger partial charge in [-0.25, -0.2) is 9.37 Å². The second-order valence-corrected chi connectivity index (χ2v) is 6.68. The van der Waals surface area contributed by atoms with Crippen LogP contribution >= 0.6 is 11.8 Å². The third kappa shape index (κ3) is 3.89. The molecule has 7 heteroatoms. The standard InChI is InChI=1S/C20H14FN5S/c1-12-3-2-4-15(25-12)11-27-20-17(10-23)18(16(9-22)19(24)26-20)13-5-7-14(21)8-6-13/h2-8H,11H2,1H3,(H2,24,26). The van der Waals surface area contributed by atoms with E-state index in [9.17, 15) is 14.9 Å². The van der Waals surface area contributed by atoms with Crippen molar-refractivity contribution in [3.8, 4) is 23.3 Å². The van der Waals surface area contributed by atoms with E-state index in [1.54, 1.807) is 0 Å². The quantitative estimate of drug-likeness (QED) is 0.686. The van der Waals surface area contributed by atoms with Gasteiger partial charge in [0.15, 0.2) is 0 Å². The normalized spacial score (nSPS) is 10.2. The van der Waals surface area contributed by atoms with Crippen LogP contribution < -0.4 is 5.73 Å². The van der Waals surface area contributed by atoms with E-state index in [0.29, 0.717) is 21.9 Å². The van der Waals surface area contributed by atoms with Crippen LogP contribution in [-0.4, -0.2) is 9.97 Å². The van der Waals surface area contributed by atoms with E-state index in [2.05, 4.69) is 16.0 Å². The highest BCUT2D eigenvalue weighted by atomic mass is 32.2. The number of thioether (sulfide) groups is 1. The summed E-state index contributed by atoms with van der Waals surface area (Å²) in [6.07, 6.45) is 0. The van der Waals surface area contributed by atoms with Crippen molar-refractivity contribution >= 4 is 17.6 Å². The molecule has 0 bridgehead atoms. The molecule has 0 aliphatic carbocycles. The van der Waals surface area contributed by atoms with Gasteiger partial charge in [0.25, 0.3) is 0 Å². The maximum atomic E-state index is 13.3. The molecule has 2 N–H and O–H groups in total. The van der Waals surface area contributed by atoms with Crippen LogP contribution in [0.15, 0.2) is 47.5 Å². The molecule has 2 heterocycles. The second-order valence-electron chi connectivity index (χ2n) is 5.72. The van der Waals surface area contributed by atoms with Crippen LogP contribution in [0, 0.1) is 35.4 Å². The number of benzene rings is 1. The molecule has 0 unspecified atom stereocenters. The van der Waals surface area contributed by atoms with Crippen LogP contribution in [0.2, 0.25) is 0 Å². The van der Waals surface area contributed by atoms with Gasteiger partial charge in [-0.1, -0.05) is 30.0 Å². The number of rotatable bonds is 4. The third-order valence-electron chi connectivity index (χ3n) is 3.85. The Morgan fingerprint density at radius 2 is 1.74 bits per heavy atom. The summed E-state index contributed by atoms with van der Waals surface area (Å²) in [5.74, 6) is 0.130. The first kappa shape index (κ1) is 18.4. The van der Waals surface area contributed by atoms with Crippen LogP contribution in [0.1, 0.15) is 22.5 Å². The number of pyridine rings is 2. The van der Waals surface area contributed by atoms with Crippen LogP contribution in [0.5, 0.6) is 0 Å². The molecule has 27 heavy (non-hydrogen) atoms. The van der Waals surface area contributed by atoms with E-state index >= 15 is 0 Å². The molecule has 0 atom stereocenters. The Morgan fingerprint density at radius 1 is 1.04 bits per heavy atom. The Hall–Kier alpha value is -3.42. The Morgan fingerprint density at radius 3 is 2.37 bits per heavy atom. The number of hydrogen-bond acceptors (Lipinski definition) is 6. The fourth-order valence-electron chi connectivity index (χ4n) is 2.63. The highest BCUT2D eigenvalue weighted by Gasteiger charge is 2.20. The lowest BCUT2D eigenvalue weighted by molar-refractivity contribution is 0.628. The highest BCUT2D eigenvalue weighted by molar-refractivity contribution is 7.98. The average molecular weight is 375 g/mol. The zero-order valence-electron chi connectivity index (χ0n) is 14.4. The van der Waals surface area contributed by atoms with E-state index in [-0.39, 0.29) is 16.9 Å². The minimum Gasteiger partial charge on any atom is -0.383 e. The molecule has 132 valence electrons. The average Bonchev–Trinajstić information content (AvgIpc) is 2.66. The van der Waals surface area contributed by atoms with E-state index in [1.807, 2.05) is 31.2 Å². The lowest BCUT2D eigenvalue weighted by Gasteiger charge is -2.13. The molecule has 3 rings (SSSR count). The number of aryl methyl sites for hydroxylation is 1. The minimum atomic E-state index is -0.405. The van der Waals surface area contributed by atoms with Gasteiger partial charge in [0, 0.05) is 17.0 Å². The number of nitrogens with zero attached hydrogens (tertiary/aromatic N) is 4. The summed E-state index contributed by atoms with van der Waals surface area (Å²) in [5.41, 5.74) is 8.96. The van der Waals surface area contributed by atoms with Gasteiger partial charge < -0.3 is 5.73 Å². The van der Waals surface area contributed by atoms with Crippen LogP contribution in [0.3, 0.4) is 0 Å². The van der Waals surface area contributed by atoms with Gasteiger partial charge in [-0.05, 0) is 36.8 Å². The molecule has 5 nitrogen and oxygen atoms in total. The maximum Gasteiger partial charge on any atom is 0.143 e. The Bertz CT molecular complexity index is 1080. The van der Waals surface area contributed by atoms with Gasteiger partial charge in [-0.15, -0.1) is 0 Å². The van der Waals surface area contributed by atoms with Crippen molar-refractivity contribution in [1.82, 2.24) is 9.97 Å². The van der Waals surface area contributed by atoms with Crippen molar-refractivity contribution in [2.24, 2.45) is 0 Å². The molecule has 0 spiro atoms. The Kier molecular flexibility index (Phi) is 5.35. The summed E-state index contributed by atoms with van der Waals surface area (Å²) in [5, 5.41) is 19.6. The van der Waals surface area contributed by atoms with Gasteiger partial charge >= 0.3 is 0 Å². The topological polar surface area (TPSA) is 99.4 Å². The SMILES string of the molecule is Cc1cccc(CSc2nc(N)c(C#N)c(-c3ccc(F)cc3)c2C#N)n1. The fraction of sp³-hybridized carbons (Fsp3) is 0.100. The number of nitriles is 2. The molecule has 0 saturated heterocycles. The molecule has 0 radical (unpaired) electrons. The number of halogens is 1. The van der Waals surface area contributed by atoms with Crippen molar-refractivity contribution < 1.29 is 4.39 Å². The van der Waals surface area contributed by atoms with Crippen LogP contribution in [-0.2, 0) is 5.75 Å². The summed E-state index contributed by atoms with van der Waals surface area (Å²) in [6, 6.07) is 15.4. The zero-order chi connectivity index (χ0) is 19.4. The molecular weight excluding hydrogens is 361 g/mol. The molecule has 0 fully saturated rings. The molecule has 3 aromatic rings. The first-order valence-electron chi connectivity index (χ1n) is 7.98. The lowest BCUT2D eigenvalue weighted by atomic mass is 9.97. The number of nitrogen functional groups attached to an aromatic ring is 1. The zero-order valence-corrected chi connectivity index (χ0v) is 15.2. The number of anilines is 1. The van der Waals surface area contributed by atoms with E-state index < -0.39 is 5.82 Å². The van der Waals surface area contributed by atoms with Gasteiger partial charge in [-0.2, -0.15) is 10.5 Å². The highest BCUT2D eigenvalue weighted by Crippen LogP contribution is 2.36. The van der Waals surface area contributed by atoms with Crippen LogP contribution in [0.4, 0.5) is 10.2 Å². The number of aromatic nitrogens is 2. The molecule has 0 aliphatic heterocycles. The van der Waals surface area contributed by atoms with Gasteiger partial charge in [-0.3, -0.25) is 4.98 Å². The minimum absolute atomic E-state index is 0.0375. The van der Waals surface area contributed by atoms with Crippen LogP contribution in [0.25, 0.3) is 11.1 Å². The summed E-state index contributed by atoms with van der Waals surface area (Å²) in [7, 11) is 0. The predicted octanol–water partition coefficient (Wildman–Crippen LogP) is 4.21. The molecule has 1 aromatic carbocycles. The van der Waals surface area contributed by atoms with E-state index in [1.165, 1.54) is 36.0 Å². The van der Waals surface area contributed by atoms with Gasteiger partial charge in [0.1, 0.15) is 34.4 Å². The summed E-state index contributed by atoms with van der Waals surface area (Å²) in [6.45, 7) is 1.90. The second kappa shape index (κ2) is 7.86. The van der Waals surface area contributed by atoms with Gasteiger partial charge in [0.2, 0.25) is 0 Å². The number of nitrogens with two attached hydrogens (primary N) is 1.